The number of methoxy groups -OCH3 is 1. The third kappa shape index (κ3) is 5.82. The molecule has 2 aromatic rings. The first kappa shape index (κ1) is 19.9. The fraction of sp³-hybridized carbons (Fsp3) is 0.364. The molecule has 0 radical (unpaired) electrons. The molecule has 1 saturated heterocycles. The first-order valence-electron chi connectivity index (χ1n) is 9.72. The van der Waals surface area contributed by atoms with Crippen molar-refractivity contribution in [1.82, 2.24) is 4.90 Å². The number of benzene rings is 2. The summed E-state index contributed by atoms with van der Waals surface area (Å²) in [5, 5.41) is 5.75. The molecule has 148 valence electrons. The van der Waals surface area contributed by atoms with Gasteiger partial charge in [0.15, 0.2) is 0 Å². The van der Waals surface area contributed by atoms with Crippen molar-refractivity contribution in [3.63, 3.8) is 0 Å². The fourth-order valence-electron chi connectivity index (χ4n) is 3.28. The zero-order valence-corrected chi connectivity index (χ0v) is 16.2. The topological polar surface area (TPSA) is 70.7 Å². The second kappa shape index (κ2) is 9.90. The van der Waals surface area contributed by atoms with Crippen molar-refractivity contribution in [2.45, 2.75) is 25.7 Å². The lowest BCUT2D eigenvalue weighted by Crippen LogP contribution is -2.33. The van der Waals surface area contributed by atoms with E-state index in [-0.39, 0.29) is 11.8 Å². The van der Waals surface area contributed by atoms with Crippen LogP contribution >= 0.6 is 0 Å². The molecule has 0 aliphatic carbocycles. The molecule has 1 aliphatic heterocycles. The van der Waals surface area contributed by atoms with Crippen molar-refractivity contribution in [2.24, 2.45) is 0 Å². The standard InChI is InChI=1S/C22H27N3O3/c1-28-20-12-10-19(11-13-20)24-22(27)17-6-8-18(9-7-17)23-21(26)16-25-14-4-2-3-5-15-25/h6-13H,2-5,14-16H2,1H3,(H,23,26)(H,24,27). The van der Waals surface area contributed by atoms with E-state index in [1.165, 1.54) is 12.8 Å². The number of anilines is 2. The Morgan fingerprint density at radius 3 is 2.04 bits per heavy atom. The van der Waals surface area contributed by atoms with E-state index in [2.05, 4.69) is 15.5 Å². The highest BCUT2D eigenvalue weighted by molar-refractivity contribution is 6.04. The Morgan fingerprint density at radius 2 is 1.43 bits per heavy atom. The SMILES string of the molecule is COc1ccc(NC(=O)c2ccc(NC(=O)CN3CCCCCC3)cc2)cc1. The van der Waals surface area contributed by atoms with E-state index in [4.69, 9.17) is 4.74 Å². The van der Waals surface area contributed by atoms with Crippen LogP contribution in [-0.4, -0.2) is 43.5 Å². The molecule has 0 spiro atoms. The van der Waals surface area contributed by atoms with Crippen molar-refractivity contribution in [1.29, 1.82) is 0 Å². The number of hydrogen-bond donors (Lipinski definition) is 2. The van der Waals surface area contributed by atoms with Crippen LogP contribution in [0.2, 0.25) is 0 Å². The van der Waals surface area contributed by atoms with E-state index < -0.39 is 0 Å². The van der Waals surface area contributed by atoms with Crippen LogP contribution in [0.25, 0.3) is 0 Å². The van der Waals surface area contributed by atoms with E-state index in [0.717, 1.165) is 31.7 Å². The van der Waals surface area contributed by atoms with Gasteiger partial charge in [0.1, 0.15) is 5.75 Å². The van der Waals surface area contributed by atoms with Crippen molar-refractivity contribution in [3.05, 3.63) is 54.1 Å². The highest BCUT2D eigenvalue weighted by Crippen LogP contribution is 2.17. The van der Waals surface area contributed by atoms with Crippen LogP contribution in [0.3, 0.4) is 0 Å². The van der Waals surface area contributed by atoms with Gasteiger partial charge in [0, 0.05) is 16.9 Å². The molecule has 2 amide bonds. The molecule has 1 fully saturated rings. The Morgan fingerprint density at radius 1 is 0.857 bits per heavy atom. The highest BCUT2D eigenvalue weighted by atomic mass is 16.5. The van der Waals surface area contributed by atoms with Gasteiger partial charge in [-0.2, -0.15) is 0 Å². The summed E-state index contributed by atoms with van der Waals surface area (Å²) in [6, 6.07) is 14.1. The average Bonchev–Trinajstić information content (AvgIpc) is 2.97. The second-order valence-electron chi connectivity index (χ2n) is 7.00. The van der Waals surface area contributed by atoms with E-state index in [0.29, 0.717) is 23.5 Å². The highest BCUT2D eigenvalue weighted by Gasteiger charge is 2.13. The number of likely N-dealkylation sites (tertiary alicyclic amines) is 1. The Hall–Kier alpha value is -2.86. The monoisotopic (exact) mass is 381 g/mol. The first-order chi connectivity index (χ1) is 13.6. The van der Waals surface area contributed by atoms with E-state index in [9.17, 15) is 9.59 Å². The van der Waals surface area contributed by atoms with Gasteiger partial charge in [-0.15, -0.1) is 0 Å². The van der Waals surface area contributed by atoms with Gasteiger partial charge in [-0.05, 0) is 74.5 Å². The molecule has 0 saturated carbocycles. The van der Waals surface area contributed by atoms with Crippen LogP contribution in [0.4, 0.5) is 11.4 Å². The summed E-state index contributed by atoms with van der Waals surface area (Å²) in [6.07, 6.45) is 4.81. The minimum Gasteiger partial charge on any atom is -0.497 e. The zero-order valence-electron chi connectivity index (χ0n) is 16.2. The fourth-order valence-corrected chi connectivity index (χ4v) is 3.28. The molecule has 0 bridgehead atoms. The smallest absolute Gasteiger partial charge is 0.255 e. The average molecular weight is 381 g/mol. The lowest BCUT2D eigenvalue weighted by atomic mass is 10.2. The quantitative estimate of drug-likeness (QED) is 0.799. The lowest BCUT2D eigenvalue weighted by molar-refractivity contribution is -0.117. The Labute approximate surface area is 165 Å². The number of amides is 2. The molecule has 0 aromatic heterocycles. The van der Waals surface area contributed by atoms with Gasteiger partial charge in [0.25, 0.3) is 5.91 Å². The number of hydrogen-bond acceptors (Lipinski definition) is 4. The molecular formula is C22H27N3O3. The summed E-state index contributed by atoms with van der Waals surface area (Å²) >= 11 is 0. The van der Waals surface area contributed by atoms with Gasteiger partial charge in [-0.1, -0.05) is 12.8 Å². The van der Waals surface area contributed by atoms with Crippen LogP contribution in [0.15, 0.2) is 48.5 Å². The summed E-state index contributed by atoms with van der Waals surface area (Å²) in [5.41, 5.74) is 1.92. The van der Waals surface area contributed by atoms with Gasteiger partial charge in [0.2, 0.25) is 5.91 Å². The van der Waals surface area contributed by atoms with E-state index in [1.54, 1.807) is 55.6 Å². The van der Waals surface area contributed by atoms with Gasteiger partial charge in [-0.3, -0.25) is 14.5 Å². The summed E-state index contributed by atoms with van der Waals surface area (Å²) < 4.78 is 5.11. The number of ether oxygens (including phenoxy) is 1. The predicted octanol–water partition coefficient (Wildman–Crippen LogP) is 3.76. The van der Waals surface area contributed by atoms with E-state index >= 15 is 0 Å². The molecule has 2 N–H and O–H groups in total. The largest absolute Gasteiger partial charge is 0.497 e. The Bertz CT molecular complexity index is 780. The summed E-state index contributed by atoms with van der Waals surface area (Å²) in [7, 11) is 1.60. The molecule has 1 aliphatic rings. The van der Waals surface area contributed by atoms with Crippen LogP contribution in [0.1, 0.15) is 36.0 Å². The van der Waals surface area contributed by atoms with Crippen molar-refractivity contribution >= 4 is 23.2 Å². The molecule has 3 rings (SSSR count). The van der Waals surface area contributed by atoms with Crippen LogP contribution in [0, 0.1) is 0 Å². The molecule has 2 aromatic carbocycles. The number of nitrogens with zero attached hydrogens (tertiary/aromatic N) is 1. The molecular weight excluding hydrogens is 354 g/mol. The molecule has 1 heterocycles. The zero-order chi connectivity index (χ0) is 19.8. The number of carbonyl (C=O) groups is 2. The van der Waals surface area contributed by atoms with Crippen LogP contribution < -0.4 is 15.4 Å². The van der Waals surface area contributed by atoms with Gasteiger partial charge >= 0.3 is 0 Å². The Kier molecular flexibility index (Phi) is 7.03. The van der Waals surface area contributed by atoms with Crippen LogP contribution in [0.5, 0.6) is 5.75 Å². The molecule has 0 unspecified atom stereocenters. The van der Waals surface area contributed by atoms with Gasteiger partial charge < -0.3 is 15.4 Å². The third-order valence-electron chi connectivity index (χ3n) is 4.84. The van der Waals surface area contributed by atoms with Gasteiger partial charge in [0.05, 0.1) is 13.7 Å². The van der Waals surface area contributed by atoms with Crippen LogP contribution in [-0.2, 0) is 4.79 Å². The number of rotatable bonds is 6. The number of nitrogens with one attached hydrogen (secondary N) is 2. The first-order valence-corrected chi connectivity index (χ1v) is 9.72. The maximum atomic E-state index is 12.4. The third-order valence-corrected chi connectivity index (χ3v) is 4.84. The van der Waals surface area contributed by atoms with Crippen molar-refractivity contribution in [3.8, 4) is 5.75 Å². The summed E-state index contributed by atoms with van der Waals surface area (Å²) in [5.74, 6) is 0.517. The van der Waals surface area contributed by atoms with Crippen molar-refractivity contribution in [2.75, 3.05) is 37.4 Å². The minimum atomic E-state index is -0.201. The Balaban J connectivity index is 1.51. The summed E-state index contributed by atoms with van der Waals surface area (Å²) in [4.78, 5) is 26.8. The molecule has 6 nitrogen and oxygen atoms in total. The lowest BCUT2D eigenvalue weighted by Gasteiger charge is -2.19. The molecule has 6 heteroatoms. The van der Waals surface area contributed by atoms with Gasteiger partial charge in [-0.25, -0.2) is 0 Å². The second-order valence-corrected chi connectivity index (χ2v) is 7.00. The summed E-state index contributed by atoms with van der Waals surface area (Å²) in [6.45, 7) is 2.38. The minimum absolute atomic E-state index is 0.0164. The van der Waals surface area contributed by atoms with E-state index in [1.807, 2.05) is 0 Å². The molecule has 28 heavy (non-hydrogen) atoms. The maximum Gasteiger partial charge on any atom is 0.255 e. The van der Waals surface area contributed by atoms with Crippen molar-refractivity contribution < 1.29 is 14.3 Å². The molecule has 0 atom stereocenters. The maximum absolute atomic E-state index is 12.4. The predicted molar refractivity (Wildman–Crippen MR) is 111 cm³/mol. The number of carbonyl (C=O) groups excluding carboxylic acids is 2. The normalized spacial score (nSPS) is 14.8.